The van der Waals surface area contributed by atoms with Gasteiger partial charge in [-0.15, -0.1) is 0 Å². The molecule has 0 aromatic heterocycles. The summed E-state index contributed by atoms with van der Waals surface area (Å²) in [5.41, 5.74) is 10.1. The molecule has 0 aliphatic heterocycles. The van der Waals surface area contributed by atoms with Gasteiger partial charge in [0.1, 0.15) is 0 Å². The van der Waals surface area contributed by atoms with E-state index in [4.69, 9.17) is 10.5 Å². The maximum atomic E-state index is 6.13. The van der Waals surface area contributed by atoms with Crippen LogP contribution < -0.4 is 5.73 Å². The Labute approximate surface area is 105 Å². The average Bonchev–Trinajstić information content (AvgIpc) is 2.29. The van der Waals surface area contributed by atoms with E-state index < -0.39 is 0 Å². The Morgan fingerprint density at radius 2 is 2.00 bits per heavy atom. The molecule has 0 aliphatic carbocycles. The number of hydrogen-bond donors (Lipinski definition) is 1. The fraction of sp³-hybridized carbons (Fsp3) is 0.600. The molecule has 1 unspecified atom stereocenters. The molecule has 1 atom stereocenters. The van der Waals surface area contributed by atoms with E-state index in [1.54, 1.807) is 0 Å². The summed E-state index contributed by atoms with van der Waals surface area (Å²) in [6.07, 6.45) is 2.96. The molecule has 0 heterocycles. The summed E-state index contributed by atoms with van der Waals surface area (Å²) in [6.45, 7) is 8.01. The van der Waals surface area contributed by atoms with Gasteiger partial charge in [-0.3, -0.25) is 0 Å². The van der Waals surface area contributed by atoms with Gasteiger partial charge in [0.15, 0.2) is 0 Å². The van der Waals surface area contributed by atoms with Crippen LogP contribution in [0.5, 0.6) is 0 Å². The monoisotopic (exact) mass is 235 g/mol. The SMILES string of the molecule is CCCOCCC(N)Cc1cc(C)ccc1C. The molecule has 2 nitrogen and oxygen atoms in total. The summed E-state index contributed by atoms with van der Waals surface area (Å²) in [5.74, 6) is 0. The minimum absolute atomic E-state index is 0.201. The van der Waals surface area contributed by atoms with E-state index in [2.05, 4.69) is 39.0 Å². The van der Waals surface area contributed by atoms with E-state index in [9.17, 15) is 0 Å². The lowest BCUT2D eigenvalue weighted by molar-refractivity contribution is 0.127. The molecule has 1 rings (SSSR count). The first-order valence-corrected chi connectivity index (χ1v) is 6.53. The van der Waals surface area contributed by atoms with Gasteiger partial charge in [-0.05, 0) is 44.2 Å². The van der Waals surface area contributed by atoms with Crippen molar-refractivity contribution in [2.45, 2.75) is 46.1 Å². The van der Waals surface area contributed by atoms with Crippen molar-refractivity contribution < 1.29 is 4.74 Å². The van der Waals surface area contributed by atoms with Gasteiger partial charge < -0.3 is 10.5 Å². The van der Waals surface area contributed by atoms with Gasteiger partial charge in [0.05, 0.1) is 0 Å². The van der Waals surface area contributed by atoms with Crippen molar-refractivity contribution in [2.75, 3.05) is 13.2 Å². The van der Waals surface area contributed by atoms with Crippen molar-refractivity contribution in [3.05, 3.63) is 34.9 Å². The molecule has 0 saturated heterocycles. The van der Waals surface area contributed by atoms with E-state index in [0.29, 0.717) is 0 Å². The second kappa shape index (κ2) is 7.46. The maximum absolute atomic E-state index is 6.13. The molecule has 0 aliphatic rings. The first kappa shape index (κ1) is 14.2. The molecular weight excluding hydrogens is 210 g/mol. The molecule has 96 valence electrons. The highest BCUT2D eigenvalue weighted by molar-refractivity contribution is 5.31. The van der Waals surface area contributed by atoms with Gasteiger partial charge in [0, 0.05) is 19.3 Å². The fourth-order valence-electron chi connectivity index (χ4n) is 1.89. The Balaban J connectivity index is 2.39. The lowest BCUT2D eigenvalue weighted by Crippen LogP contribution is -2.25. The quantitative estimate of drug-likeness (QED) is 0.737. The first-order valence-electron chi connectivity index (χ1n) is 6.53. The highest BCUT2D eigenvalue weighted by Gasteiger charge is 2.06. The summed E-state index contributed by atoms with van der Waals surface area (Å²) < 4.78 is 5.47. The molecule has 0 spiro atoms. The van der Waals surface area contributed by atoms with Crippen molar-refractivity contribution in [1.82, 2.24) is 0 Å². The molecule has 0 amide bonds. The lowest BCUT2D eigenvalue weighted by Gasteiger charge is -2.14. The van der Waals surface area contributed by atoms with Crippen LogP contribution in [0.15, 0.2) is 18.2 Å². The molecule has 0 saturated carbocycles. The second-order valence-corrected chi connectivity index (χ2v) is 4.80. The molecule has 0 radical (unpaired) electrons. The van der Waals surface area contributed by atoms with Gasteiger partial charge >= 0.3 is 0 Å². The Bertz CT molecular complexity index is 336. The predicted molar refractivity (Wildman–Crippen MR) is 73.3 cm³/mol. The molecular formula is C15H25NO. The van der Waals surface area contributed by atoms with E-state index in [1.165, 1.54) is 16.7 Å². The van der Waals surface area contributed by atoms with E-state index in [-0.39, 0.29) is 6.04 Å². The topological polar surface area (TPSA) is 35.2 Å². The third-order valence-electron chi connectivity index (χ3n) is 2.97. The summed E-state index contributed by atoms with van der Waals surface area (Å²) >= 11 is 0. The number of aryl methyl sites for hydroxylation is 2. The Hall–Kier alpha value is -0.860. The van der Waals surface area contributed by atoms with Crippen LogP contribution in [0.4, 0.5) is 0 Å². The number of nitrogens with two attached hydrogens (primary N) is 1. The largest absolute Gasteiger partial charge is 0.381 e. The van der Waals surface area contributed by atoms with Crippen LogP contribution in [0, 0.1) is 13.8 Å². The average molecular weight is 235 g/mol. The van der Waals surface area contributed by atoms with Crippen LogP contribution in [0.1, 0.15) is 36.5 Å². The Morgan fingerprint density at radius 1 is 1.24 bits per heavy atom. The standard InChI is InChI=1S/C15H25NO/c1-4-8-17-9-7-15(16)11-14-10-12(2)5-6-13(14)3/h5-6,10,15H,4,7-9,11,16H2,1-3H3. The Kier molecular flexibility index (Phi) is 6.23. The van der Waals surface area contributed by atoms with Crippen molar-refractivity contribution in [3.63, 3.8) is 0 Å². The summed E-state index contributed by atoms with van der Waals surface area (Å²) in [7, 11) is 0. The number of rotatable bonds is 7. The number of benzene rings is 1. The molecule has 0 fully saturated rings. The second-order valence-electron chi connectivity index (χ2n) is 4.80. The molecule has 1 aromatic carbocycles. The van der Waals surface area contributed by atoms with Crippen molar-refractivity contribution >= 4 is 0 Å². The number of ether oxygens (including phenoxy) is 1. The molecule has 2 N–H and O–H groups in total. The van der Waals surface area contributed by atoms with Gasteiger partial charge in [-0.25, -0.2) is 0 Å². The smallest absolute Gasteiger partial charge is 0.0480 e. The molecule has 0 bridgehead atoms. The van der Waals surface area contributed by atoms with E-state index in [1.807, 2.05) is 0 Å². The Morgan fingerprint density at radius 3 is 2.71 bits per heavy atom. The zero-order valence-electron chi connectivity index (χ0n) is 11.3. The highest BCUT2D eigenvalue weighted by atomic mass is 16.5. The third-order valence-corrected chi connectivity index (χ3v) is 2.97. The van der Waals surface area contributed by atoms with Crippen LogP contribution in [0.3, 0.4) is 0 Å². The van der Waals surface area contributed by atoms with Crippen LogP contribution >= 0.6 is 0 Å². The zero-order chi connectivity index (χ0) is 12.7. The van der Waals surface area contributed by atoms with Gasteiger partial charge in [-0.2, -0.15) is 0 Å². The van der Waals surface area contributed by atoms with Gasteiger partial charge in [0.25, 0.3) is 0 Å². The fourth-order valence-corrected chi connectivity index (χ4v) is 1.89. The molecule has 17 heavy (non-hydrogen) atoms. The minimum Gasteiger partial charge on any atom is -0.381 e. The van der Waals surface area contributed by atoms with Crippen LogP contribution in [-0.4, -0.2) is 19.3 Å². The first-order chi connectivity index (χ1) is 8.13. The summed E-state index contributed by atoms with van der Waals surface area (Å²) in [4.78, 5) is 0. The van der Waals surface area contributed by atoms with Crippen LogP contribution in [0.25, 0.3) is 0 Å². The van der Waals surface area contributed by atoms with Crippen molar-refractivity contribution in [1.29, 1.82) is 0 Å². The lowest BCUT2D eigenvalue weighted by atomic mass is 9.98. The van der Waals surface area contributed by atoms with Gasteiger partial charge in [0.2, 0.25) is 0 Å². The van der Waals surface area contributed by atoms with Crippen molar-refractivity contribution in [3.8, 4) is 0 Å². The zero-order valence-corrected chi connectivity index (χ0v) is 11.3. The maximum Gasteiger partial charge on any atom is 0.0480 e. The molecule has 1 aromatic rings. The highest BCUT2D eigenvalue weighted by Crippen LogP contribution is 2.13. The van der Waals surface area contributed by atoms with E-state index >= 15 is 0 Å². The summed E-state index contributed by atoms with van der Waals surface area (Å²) in [5, 5.41) is 0. The molecule has 2 heteroatoms. The minimum atomic E-state index is 0.201. The van der Waals surface area contributed by atoms with Crippen molar-refractivity contribution in [2.24, 2.45) is 5.73 Å². The predicted octanol–water partition coefficient (Wildman–Crippen LogP) is 2.99. The van der Waals surface area contributed by atoms with E-state index in [0.717, 1.165) is 32.5 Å². The summed E-state index contributed by atoms with van der Waals surface area (Å²) in [6, 6.07) is 6.76. The van der Waals surface area contributed by atoms with Crippen LogP contribution in [-0.2, 0) is 11.2 Å². The van der Waals surface area contributed by atoms with Gasteiger partial charge in [-0.1, -0.05) is 30.7 Å². The normalized spacial score (nSPS) is 12.7. The third kappa shape index (κ3) is 5.33. The van der Waals surface area contributed by atoms with Crippen LogP contribution in [0.2, 0.25) is 0 Å². The number of hydrogen-bond acceptors (Lipinski definition) is 2.